The molecule has 0 atom stereocenters. The first-order valence-electron chi connectivity index (χ1n) is 3.12. The van der Waals surface area contributed by atoms with Crippen LogP contribution in [0.1, 0.15) is 6.92 Å². The van der Waals surface area contributed by atoms with Crippen LogP contribution in [0.5, 0.6) is 0 Å². The number of rotatable bonds is 4. The molecule has 0 aliphatic rings. The quantitative estimate of drug-likeness (QED) is 0.455. The predicted octanol–water partition coefficient (Wildman–Crippen LogP) is 2.71. The van der Waals surface area contributed by atoms with E-state index >= 15 is 0 Å². The summed E-state index contributed by atoms with van der Waals surface area (Å²) in [6, 6.07) is 0. The van der Waals surface area contributed by atoms with Crippen molar-refractivity contribution in [3.05, 3.63) is 36.5 Å². The molecule has 2 heteroatoms. The standard InChI is InChI=1S/C8H12N2/c1-3-5-8(6-4-2)7-10-9/h3-6,9H,1,7H2,2H3/b6-4?,8-5+,10-9?. The van der Waals surface area contributed by atoms with Gasteiger partial charge in [0.2, 0.25) is 0 Å². The summed E-state index contributed by atoms with van der Waals surface area (Å²) in [5.74, 6) is 0. The van der Waals surface area contributed by atoms with Gasteiger partial charge in [-0.1, -0.05) is 30.9 Å². The summed E-state index contributed by atoms with van der Waals surface area (Å²) in [5, 5.41) is 3.26. The zero-order chi connectivity index (χ0) is 7.82. The molecule has 2 nitrogen and oxygen atoms in total. The van der Waals surface area contributed by atoms with Crippen molar-refractivity contribution >= 4 is 0 Å². The summed E-state index contributed by atoms with van der Waals surface area (Å²) < 4.78 is 0. The smallest absolute Gasteiger partial charge is 0.0846 e. The topological polar surface area (TPSA) is 36.2 Å². The van der Waals surface area contributed by atoms with Crippen molar-refractivity contribution in [2.45, 2.75) is 6.92 Å². The van der Waals surface area contributed by atoms with Gasteiger partial charge in [-0.3, -0.25) is 0 Å². The van der Waals surface area contributed by atoms with Crippen molar-refractivity contribution in [3.8, 4) is 0 Å². The van der Waals surface area contributed by atoms with E-state index in [1.54, 1.807) is 6.08 Å². The molecule has 0 radical (unpaired) electrons. The molecule has 1 N–H and O–H groups in total. The lowest BCUT2D eigenvalue weighted by Crippen LogP contribution is -1.80. The molecular formula is C8H12N2. The van der Waals surface area contributed by atoms with Crippen molar-refractivity contribution in [2.24, 2.45) is 5.11 Å². The van der Waals surface area contributed by atoms with E-state index in [1.807, 2.05) is 25.2 Å². The Labute approximate surface area is 61.5 Å². The molecular weight excluding hydrogens is 124 g/mol. The number of hydrogen-bond acceptors (Lipinski definition) is 2. The monoisotopic (exact) mass is 136 g/mol. The zero-order valence-electron chi connectivity index (χ0n) is 6.17. The van der Waals surface area contributed by atoms with Crippen molar-refractivity contribution in [1.82, 2.24) is 0 Å². The number of nitrogens with one attached hydrogen (secondary N) is 1. The highest BCUT2D eigenvalue weighted by Crippen LogP contribution is 1.97. The van der Waals surface area contributed by atoms with Crippen LogP contribution in [-0.2, 0) is 0 Å². The molecule has 0 heterocycles. The highest BCUT2D eigenvalue weighted by molar-refractivity contribution is 5.23. The Kier molecular flexibility index (Phi) is 5.25. The van der Waals surface area contributed by atoms with Crippen molar-refractivity contribution < 1.29 is 0 Å². The maximum atomic E-state index is 6.61. The molecule has 0 aliphatic carbocycles. The molecule has 0 bridgehead atoms. The van der Waals surface area contributed by atoms with Gasteiger partial charge in [-0.15, -0.1) is 0 Å². The SMILES string of the molecule is C=C/C=C(\C=CC)CN=N. The molecule has 0 aromatic heterocycles. The van der Waals surface area contributed by atoms with Crippen LogP contribution in [0.25, 0.3) is 0 Å². The number of allylic oxidation sites excluding steroid dienone is 3. The molecule has 0 spiro atoms. The molecule has 54 valence electrons. The van der Waals surface area contributed by atoms with Gasteiger partial charge in [-0.2, -0.15) is 5.11 Å². The maximum Gasteiger partial charge on any atom is 0.0846 e. The van der Waals surface area contributed by atoms with Crippen molar-refractivity contribution in [1.29, 1.82) is 5.53 Å². The molecule has 0 saturated carbocycles. The summed E-state index contributed by atoms with van der Waals surface area (Å²) in [5.41, 5.74) is 7.61. The lowest BCUT2D eigenvalue weighted by Gasteiger charge is -1.90. The van der Waals surface area contributed by atoms with Gasteiger partial charge >= 0.3 is 0 Å². The summed E-state index contributed by atoms with van der Waals surface area (Å²) in [6.45, 7) is 5.92. The zero-order valence-corrected chi connectivity index (χ0v) is 6.17. The van der Waals surface area contributed by atoms with E-state index in [-0.39, 0.29) is 0 Å². The molecule has 0 aromatic carbocycles. The molecule has 0 amide bonds. The lowest BCUT2D eigenvalue weighted by molar-refractivity contribution is 0.979. The van der Waals surface area contributed by atoms with E-state index in [1.165, 1.54) is 0 Å². The first kappa shape index (κ1) is 8.82. The molecule has 10 heavy (non-hydrogen) atoms. The maximum absolute atomic E-state index is 6.61. The van der Waals surface area contributed by atoms with Crippen LogP contribution >= 0.6 is 0 Å². The summed E-state index contributed by atoms with van der Waals surface area (Å²) in [4.78, 5) is 0. The Morgan fingerprint density at radius 3 is 2.80 bits per heavy atom. The minimum Gasteiger partial charge on any atom is -0.210 e. The van der Waals surface area contributed by atoms with Crippen molar-refractivity contribution in [3.63, 3.8) is 0 Å². The summed E-state index contributed by atoms with van der Waals surface area (Å²) in [6.07, 6.45) is 7.37. The Hall–Kier alpha value is -1.18. The molecule has 0 aliphatic heterocycles. The van der Waals surface area contributed by atoms with Crippen LogP contribution in [0.4, 0.5) is 0 Å². The second-order valence-electron chi connectivity index (χ2n) is 1.79. The Bertz CT molecular complexity index is 166. The fourth-order valence-electron chi connectivity index (χ4n) is 0.618. The van der Waals surface area contributed by atoms with Gasteiger partial charge in [-0.05, 0) is 12.5 Å². The molecule has 0 fully saturated rings. The van der Waals surface area contributed by atoms with E-state index in [2.05, 4.69) is 11.7 Å². The summed E-state index contributed by atoms with van der Waals surface area (Å²) in [7, 11) is 0. The van der Waals surface area contributed by atoms with Crippen LogP contribution < -0.4 is 0 Å². The van der Waals surface area contributed by atoms with Crippen LogP contribution in [0.3, 0.4) is 0 Å². The van der Waals surface area contributed by atoms with Crippen LogP contribution in [0.2, 0.25) is 0 Å². The Balaban J connectivity index is 4.09. The second kappa shape index (κ2) is 5.95. The minimum absolute atomic E-state index is 0.441. The van der Waals surface area contributed by atoms with E-state index in [0.29, 0.717) is 6.54 Å². The first-order chi connectivity index (χ1) is 4.85. The van der Waals surface area contributed by atoms with Crippen molar-refractivity contribution in [2.75, 3.05) is 6.54 Å². The van der Waals surface area contributed by atoms with Gasteiger partial charge in [0, 0.05) is 0 Å². The lowest BCUT2D eigenvalue weighted by atomic mass is 10.2. The summed E-state index contributed by atoms with van der Waals surface area (Å²) >= 11 is 0. The highest BCUT2D eigenvalue weighted by atomic mass is 14.9. The number of nitrogens with zero attached hydrogens (tertiary/aromatic N) is 1. The molecule has 0 rings (SSSR count). The van der Waals surface area contributed by atoms with Crippen LogP contribution in [-0.4, -0.2) is 6.54 Å². The molecule has 0 unspecified atom stereocenters. The van der Waals surface area contributed by atoms with Gasteiger partial charge in [0.25, 0.3) is 0 Å². The predicted molar refractivity (Wildman–Crippen MR) is 43.1 cm³/mol. The number of hydrogen-bond donors (Lipinski definition) is 1. The van der Waals surface area contributed by atoms with Crippen LogP contribution in [0, 0.1) is 5.53 Å². The first-order valence-corrected chi connectivity index (χ1v) is 3.12. The van der Waals surface area contributed by atoms with E-state index in [9.17, 15) is 0 Å². The van der Waals surface area contributed by atoms with Gasteiger partial charge in [0.15, 0.2) is 0 Å². The van der Waals surface area contributed by atoms with E-state index in [0.717, 1.165) is 5.57 Å². The fourth-order valence-corrected chi connectivity index (χ4v) is 0.618. The third-order valence-electron chi connectivity index (χ3n) is 0.974. The van der Waals surface area contributed by atoms with Crippen LogP contribution in [0.15, 0.2) is 41.6 Å². The van der Waals surface area contributed by atoms with E-state index in [4.69, 9.17) is 5.53 Å². The normalized spacial score (nSPS) is 11.9. The van der Waals surface area contributed by atoms with Gasteiger partial charge in [0.05, 0.1) is 6.54 Å². The third-order valence-corrected chi connectivity index (χ3v) is 0.974. The minimum atomic E-state index is 0.441. The molecule has 0 aromatic rings. The van der Waals surface area contributed by atoms with E-state index < -0.39 is 0 Å². The van der Waals surface area contributed by atoms with Gasteiger partial charge in [-0.25, -0.2) is 5.53 Å². The fraction of sp³-hybridized carbons (Fsp3) is 0.250. The average molecular weight is 136 g/mol. The average Bonchev–Trinajstić information content (AvgIpc) is 1.90. The van der Waals surface area contributed by atoms with Gasteiger partial charge in [0.1, 0.15) is 0 Å². The largest absolute Gasteiger partial charge is 0.210 e. The Morgan fingerprint density at radius 2 is 2.40 bits per heavy atom. The third kappa shape index (κ3) is 3.78. The molecule has 0 saturated heterocycles. The highest BCUT2D eigenvalue weighted by Gasteiger charge is 1.85. The van der Waals surface area contributed by atoms with Gasteiger partial charge < -0.3 is 0 Å². The Morgan fingerprint density at radius 1 is 1.70 bits per heavy atom. The second-order valence-corrected chi connectivity index (χ2v) is 1.79.